The minimum atomic E-state index is 0. The molecule has 3 rings (SSSR count). The van der Waals surface area contributed by atoms with Crippen molar-refractivity contribution in [3.63, 3.8) is 0 Å². The molecule has 2 unspecified atom stereocenters. The summed E-state index contributed by atoms with van der Waals surface area (Å²) >= 11 is 0. The molecule has 1 saturated heterocycles. The van der Waals surface area contributed by atoms with E-state index >= 15 is 0 Å². The van der Waals surface area contributed by atoms with E-state index in [1.807, 2.05) is 6.07 Å². The van der Waals surface area contributed by atoms with Gasteiger partial charge in [0.1, 0.15) is 11.9 Å². The van der Waals surface area contributed by atoms with Crippen LogP contribution in [-0.4, -0.2) is 19.2 Å². The maximum absolute atomic E-state index is 5.77. The van der Waals surface area contributed by atoms with E-state index in [2.05, 4.69) is 23.5 Å². The van der Waals surface area contributed by atoms with Crippen molar-refractivity contribution in [1.82, 2.24) is 5.32 Å². The standard InChI is InChI=1S/C10H11NO.ClH/c1-2-4-9-7(3-1)8-5-11-6-10(8)12-9;/h1-4,8,10-11H,5-6H2;1H. The minimum Gasteiger partial charge on any atom is -0.488 e. The Hall–Kier alpha value is -0.730. The molecule has 0 bridgehead atoms. The van der Waals surface area contributed by atoms with E-state index < -0.39 is 0 Å². The number of halogens is 1. The molecule has 1 N–H and O–H groups in total. The zero-order valence-corrected chi connectivity index (χ0v) is 8.01. The van der Waals surface area contributed by atoms with Crippen molar-refractivity contribution in [2.75, 3.05) is 13.1 Å². The second kappa shape index (κ2) is 3.20. The molecular formula is C10H12ClNO. The summed E-state index contributed by atoms with van der Waals surface area (Å²) in [5, 5.41) is 3.34. The van der Waals surface area contributed by atoms with Crippen LogP contribution in [0, 0.1) is 0 Å². The van der Waals surface area contributed by atoms with Crippen LogP contribution in [0.15, 0.2) is 24.3 Å². The molecule has 0 aromatic heterocycles. The largest absolute Gasteiger partial charge is 0.488 e. The van der Waals surface area contributed by atoms with Gasteiger partial charge in [-0.15, -0.1) is 12.4 Å². The number of para-hydroxylation sites is 1. The van der Waals surface area contributed by atoms with Crippen LogP contribution in [0.4, 0.5) is 0 Å². The van der Waals surface area contributed by atoms with Gasteiger partial charge in [-0.2, -0.15) is 0 Å². The van der Waals surface area contributed by atoms with Gasteiger partial charge in [0.15, 0.2) is 0 Å². The summed E-state index contributed by atoms with van der Waals surface area (Å²) < 4.78 is 5.77. The summed E-state index contributed by atoms with van der Waals surface area (Å²) in [5.74, 6) is 1.69. The van der Waals surface area contributed by atoms with Crippen molar-refractivity contribution in [2.24, 2.45) is 0 Å². The first-order valence-corrected chi connectivity index (χ1v) is 4.41. The van der Waals surface area contributed by atoms with Crippen molar-refractivity contribution in [2.45, 2.75) is 12.0 Å². The van der Waals surface area contributed by atoms with Gasteiger partial charge in [-0.25, -0.2) is 0 Å². The summed E-state index contributed by atoms with van der Waals surface area (Å²) in [4.78, 5) is 0. The number of ether oxygens (including phenoxy) is 1. The minimum absolute atomic E-state index is 0. The molecule has 0 aliphatic carbocycles. The van der Waals surface area contributed by atoms with E-state index in [1.54, 1.807) is 0 Å². The number of benzene rings is 1. The molecule has 2 atom stereocenters. The number of hydrogen-bond acceptors (Lipinski definition) is 2. The SMILES string of the molecule is Cl.c1ccc2c(c1)OC1CNCC21. The topological polar surface area (TPSA) is 21.3 Å². The number of nitrogens with one attached hydrogen (secondary N) is 1. The fraction of sp³-hybridized carbons (Fsp3) is 0.400. The van der Waals surface area contributed by atoms with Crippen molar-refractivity contribution >= 4 is 12.4 Å². The molecular weight excluding hydrogens is 186 g/mol. The van der Waals surface area contributed by atoms with E-state index in [-0.39, 0.29) is 12.4 Å². The van der Waals surface area contributed by atoms with Gasteiger partial charge in [0, 0.05) is 24.6 Å². The second-order valence-electron chi connectivity index (χ2n) is 3.46. The zero-order valence-electron chi connectivity index (χ0n) is 7.19. The van der Waals surface area contributed by atoms with Crippen molar-refractivity contribution in [1.29, 1.82) is 0 Å². The lowest BCUT2D eigenvalue weighted by Crippen LogP contribution is -2.18. The summed E-state index contributed by atoms with van der Waals surface area (Å²) in [6, 6.07) is 8.36. The third kappa shape index (κ3) is 1.21. The van der Waals surface area contributed by atoms with Crippen LogP contribution < -0.4 is 10.1 Å². The van der Waals surface area contributed by atoms with Crippen LogP contribution in [-0.2, 0) is 0 Å². The van der Waals surface area contributed by atoms with Gasteiger partial charge in [-0.3, -0.25) is 0 Å². The lowest BCUT2D eigenvalue weighted by molar-refractivity contribution is 0.239. The van der Waals surface area contributed by atoms with Crippen LogP contribution in [0.5, 0.6) is 5.75 Å². The third-order valence-electron chi connectivity index (χ3n) is 2.76. The smallest absolute Gasteiger partial charge is 0.123 e. The Bertz CT molecular complexity index is 316. The van der Waals surface area contributed by atoms with Crippen LogP contribution in [0.2, 0.25) is 0 Å². The molecule has 13 heavy (non-hydrogen) atoms. The van der Waals surface area contributed by atoms with Crippen LogP contribution in [0.25, 0.3) is 0 Å². The molecule has 0 spiro atoms. The first-order chi connectivity index (χ1) is 5.95. The quantitative estimate of drug-likeness (QED) is 0.682. The molecule has 1 fully saturated rings. The summed E-state index contributed by atoms with van der Waals surface area (Å²) in [7, 11) is 0. The maximum Gasteiger partial charge on any atom is 0.123 e. The highest BCUT2D eigenvalue weighted by molar-refractivity contribution is 5.85. The Morgan fingerprint density at radius 1 is 1.23 bits per heavy atom. The lowest BCUT2D eigenvalue weighted by Gasteiger charge is -2.05. The molecule has 0 amide bonds. The van der Waals surface area contributed by atoms with E-state index in [4.69, 9.17) is 4.74 Å². The Labute approximate surface area is 83.7 Å². The summed E-state index contributed by atoms with van der Waals surface area (Å²) in [6.07, 6.45) is 0.391. The summed E-state index contributed by atoms with van der Waals surface area (Å²) in [6.45, 7) is 2.07. The Balaban J connectivity index is 0.000000653. The van der Waals surface area contributed by atoms with Gasteiger partial charge in [0.05, 0.1) is 0 Å². The molecule has 0 saturated carbocycles. The Morgan fingerprint density at radius 2 is 2.08 bits per heavy atom. The maximum atomic E-state index is 5.77. The number of rotatable bonds is 0. The molecule has 1 aromatic rings. The molecule has 2 nitrogen and oxygen atoms in total. The van der Waals surface area contributed by atoms with Gasteiger partial charge in [0.2, 0.25) is 0 Å². The Kier molecular flexibility index (Phi) is 2.18. The average Bonchev–Trinajstić information content (AvgIpc) is 2.62. The van der Waals surface area contributed by atoms with Crippen LogP contribution >= 0.6 is 12.4 Å². The summed E-state index contributed by atoms with van der Waals surface area (Å²) in [5.41, 5.74) is 1.38. The molecule has 1 aromatic carbocycles. The molecule has 2 aliphatic rings. The first kappa shape index (κ1) is 8.85. The highest BCUT2D eigenvalue weighted by Crippen LogP contribution is 2.39. The van der Waals surface area contributed by atoms with Gasteiger partial charge < -0.3 is 10.1 Å². The zero-order chi connectivity index (χ0) is 7.97. The second-order valence-corrected chi connectivity index (χ2v) is 3.46. The normalized spacial score (nSPS) is 28.6. The molecule has 2 aliphatic heterocycles. The van der Waals surface area contributed by atoms with E-state index in [9.17, 15) is 0 Å². The van der Waals surface area contributed by atoms with E-state index in [1.165, 1.54) is 5.56 Å². The lowest BCUT2D eigenvalue weighted by atomic mass is 9.99. The van der Waals surface area contributed by atoms with Gasteiger partial charge in [0.25, 0.3) is 0 Å². The fourth-order valence-electron chi connectivity index (χ4n) is 2.15. The van der Waals surface area contributed by atoms with E-state index in [0.717, 1.165) is 18.8 Å². The number of fused-ring (bicyclic) bond motifs is 3. The fourth-order valence-corrected chi connectivity index (χ4v) is 2.15. The molecule has 3 heteroatoms. The van der Waals surface area contributed by atoms with Gasteiger partial charge >= 0.3 is 0 Å². The monoisotopic (exact) mass is 197 g/mol. The Morgan fingerprint density at radius 3 is 3.00 bits per heavy atom. The number of hydrogen-bond donors (Lipinski definition) is 1. The molecule has 70 valence electrons. The highest BCUT2D eigenvalue weighted by Gasteiger charge is 2.37. The van der Waals surface area contributed by atoms with Crippen molar-refractivity contribution in [3.05, 3.63) is 29.8 Å². The van der Waals surface area contributed by atoms with E-state index in [0.29, 0.717) is 12.0 Å². The third-order valence-corrected chi connectivity index (χ3v) is 2.76. The van der Waals surface area contributed by atoms with Gasteiger partial charge in [-0.1, -0.05) is 18.2 Å². The van der Waals surface area contributed by atoms with Crippen molar-refractivity contribution in [3.8, 4) is 5.75 Å². The highest BCUT2D eigenvalue weighted by atomic mass is 35.5. The predicted molar refractivity (Wildman–Crippen MR) is 53.7 cm³/mol. The average molecular weight is 198 g/mol. The van der Waals surface area contributed by atoms with Crippen LogP contribution in [0.1, 0.15) is 11.5 Å². The van der Waals surface area contributed by atoms with Gasteiger partial charge in [-0.05, 0) is 6.07 Å². The molecule has 2 heterocycles. The van der Waals surface area contributed by atoms with Crippen LogP contribution in [0.3, 0.4) is 0 Å². The predicted octanol–water partition coefficient (Wildman–Crippen LogP) is 1.56. The van der Waals surface area contributed by atoms with Crippen molar-refractivity contribution < 1.29 is 4.74 Å². The molecule has 0 radical (unpaired) electrons. The first-order valence-electron chi connectivity index (χ1n) is 4.41.